The van der Waals surface area contributed by atoms with E-state index >= 15 is 0 Å². The number of nitrogens with zero attached hydrogens (tertiary/aromatic N) is 4. The zero-order chi connectivity index (χ0) is 39.1. The lowest BCUT2D eigenvalue weighted by Gasteiger charge is -2.20. The predicted octanol–water partition coefficient (Wildman–Crippen LogP) is 10.5. The number of aromatic hydroxyl groups is 2. The van der Waals surface area contributed by atoms with Crippen LogP contribution in [0.15, 0.2) is 158 Å². The third-order valence-corrected chi connectivity index (χ3v) is 11.0. The standard InChI is InChI=1S/C41H32N4O8S2/c1-24-20-29(16-18-33(24)42-44-38-35(54(48,49)50)22-27-12-6-8-14-31(27)40(38)46)37(26-10-4-3-5-11-26)30-17-19-34(25(2)21-30)43-45-39-36(55(51,52)53)23-28-13-7-9-15-32(28)41(39)47/h3-23,37,46-47H,1-2H3,(H,48,49,50)(H,51,52,53)/b44-42+,45-43+. The largest absolute Gasteiger partial charge is 0.505 e. The molecule has 7 rings (SSSR count). The lowest BCUT2D eigenvalue weighted by molar-refractivity contribution is 0.471. The zero-order valence-electron chi connectivity index (χ0n) is 29.2. The Kier molecular flexibility index (Phi) is 9.75. The monoisotopic (exact) mass is 772 g/mol. The normalized spacial score (nSPS) is 12.5. The van der Waals surface area contributed by atoms with Gasteiger partial charge in [-0.15, -0.1) is 10.2 Å². The van der Waals surface area contributed by atoms with Gasteiger partial charge in [0.1, 0.15) is 21.2 Å². The molecule has 0 bridgehead atoms. The Morgan fingerprint density at radius 1 is 0.473 bits per heavy atom. The molecule has 0 atom stereocenters. The van der Waals surface area contributed by atoms with Crippen molar-refractivity contribution in [3.63, 3.8) is 0 Å². The summed E-state index contributed by atoms with van der Waals surface area (Å²) in [5, 5.41) is 40.1. The number of fused-ring (bicyclic) bond motifs is 2. The molecule has 0 saturated heterocycles. The third kappa shape index (κ3) is 7.43. The molecule has 0 radical (unpaired) electrons. The Morgan fingerprint density at radius 3 is 1.27 bits per heavy atom. The van der Waals surface area contributed by atoms with Gasteiger partial charge in [-0.1, -0.05) is 103 Å². The van der Waals surface area contributed by atoms with Gasteiger partial charge >= 0.3 is 0 Å². The molecule has 0 unspecified atom stereocenters. The summed E-state index contributed by atoms with van der Waals surface area (Å²) in [6.45, 7) is 3.64. The second-order valence-corrected chi connectivity index (χ2v) is 15.7. The van der Waals surface area contributed by atoms with Crippen LogP contribution in [0.4, 0.5) is 22.7 Å². The highest BCUT2D eigenvalue weighted by Crippen LogP contribution is 2.44. The first-order valence-electron chi connectivity index (χ1n) is 16.7. The van der Waals surface area contributed by atoms with Gasteiger partial charge < -0.3 is 10.2 Å². The minimum atomic E-state index is -4.76. The van der Waals surface area contributed by atoms with Crippen LogP contribution in [0.3, 0.4) is 0 Å². The topological polar surface area (TPSA) is 199 Å². The van der Waals surface area contributed by atoms with Crippen LogP contribution in [0, 0.1) is 13.8 Å². The zero-order valence-corrected chi connectivity index (χ0v) is 30.9. The number of phenols is 2. The lowest BCUT2D eigenvalue weighted by Crippen LogP contribution is -2.04. The quantitative estimate of drug-likeness (QED) is 0.0631. The van der Waals surface area contributed by atoms with E-state index in [-0.39, 0.29) is 17.3 Å². The molecule has 7 aromatic carbocycles. The molecule has 0 fully saturated rings. The van der Waals surface area contributed by atoms with E-state index in [0.717, 1.165) is 16.7 Å². The van der Waals surface area contributed by atoms with E-state index in [9.17, 15) is 36.2 Å². The van der Waals surface area contributed by atoms with Gasteiger partial charge in [0.05, 0.1) is 11.4 Å². The van der Waals surface area contributed by atoms with Crippen LogP contribution >= 0.6 is 0 Å². The number of benzene rings is 7. The number of rotatable bonds is 9. The number of phenolic OH excluding ortho intramolecular Hbond substituents is 2. The van der Waals surface area contributed by atoms with Gasteiger partial charge in [-0.3, -0.25) is 9.11 Å². The second kappa shape index (κ2) is 14.5. The predicted molar refractivity (Wildman–Crippen MR) is 209 cm³/mol. The third-order valence-electron chi connectivity index (χ3n) is 9.23. The van der Waals surface area contributed by atoms with E-state index in [4.69, 9.17) is 0 Å². The first-order valence-corrected chi connectivity index (χ1v) is 19.6. The summed E-state index contributed by atoms with van der Waals surface area (Å²) in [7, 11) is -9.51. The van der Waals surface area contributed by atoms with Gasteiger partial charge in [0.2, 0.25) is 0 Å². The van der Waals surface area contributed by atoms with Crippen LogP contribution < -0.4 is 0 Å². The van der Waals surface area contributed by atoms with E-state index in [2.05, 4.69) is 20.5 Å². The summed E-state index contributed by atoms with van der Waals surface area (Å²) in [4.78, 5) is -1.14. The Hall–Kier alpha value is -6.32. The van der Waals surface area contributed by atoms with Crippen molar-refractivity contribution in [3.05, 3.63) is 155 Å². The van der Waals surface area contributed by atoms with Crippen molar-refractivity contribution in [2.24, 2.45) is 20.5 Å². The number of hydrogen-bond donors (Lipinski definition) is 4. The van der Waals surface area contributed by atoms with Gasteiger partial charge in [-0.2, -0.15) is 27.1 Å². The minimum absolute atomic E-state index is 0.276. The van der Waals surface area contributed by atoms with Crippen molar-refractivity contribution >= 4 is 64.5 Å². The molecule has 0 amide bonds. The summed E-state index contributed by atoms with van der Waals surface area (Å²) < 4.78 is 68.9. The smallest absolute Gasteiger partial charge is 0.296 e. The molecule has 12 nitrogen and oxygen atoms in total. The Labute approximate surface area is 316 Å². The van der Waals surface area contributed by atoms with E-state index < -0.39 is 41.5 Å². The summed E-state index contributed by atoms with van der Waals surface area (Å²) in [6.07, 6.45) is 0. The molecule has 4 N–H and O–H groups in total. The van der Waals surface area contributed by atoms with Gasteiger partial charge in [0, 0.05) is 16.7 Å². The Balaban J connectivity index is 1.25. The molecule has 14 heteroatoms. The molecular formula is C41H32N4O8S2. The first-order chi connectivity index (χ1) is 26.2. The molecule has 0 spiro atoms. The van der Waals surface area contributed by atoms with Crippen molar-refractivity contribution in [1.82, 2.24) is 0 Å². The molecule has 0 aliphatic rings. The van der Waals surface area contributed by atoms with Crippen LogP contribution in [0.5, 0.6) is 11.5 Å². The molecule has 0 aliphatic heterocycles. The van der Waals surface area contributed by atoms with E-state index in [1.165, 1.54) is 12.1 Å². The maximum Gasteiger partial charge on any atom is 0.296 e. The maximum absolute atomic E-state index is 12.3. The van der Waals surface area contributed by atoms with Crippen molar-refractivity contribution in [2.45, 2.75) is 29.6 Å². The highest BCUT2D eigenvalue weighted by Gasteiger charge is 2.24. The summed E-state index contributed by atoms with van der Waals surface area (Å²) >= 11 is 0. The number of hydrogen-bond acceptors (Lipinski definition) is 10. The lowest BCUT2D eigenvalue weighted by atomic mass is 9.84. The van der Waals surface area contributed by atoms with Gasteiger partial charge in [-0.25, -0.2) is 0 Å². The van der Waals surface area contributed by atoms with Crippen LogP contribution in [0.2, 0.25) is 0 Å². The van der Waals surface area contributed by atoms with Crippen molar-refractivity contribution in [2.75, 3.05) is 0 Å². The van der Waals surface area contributed by atoms with E-state index in [1.807, 2.05) is 68.4 Å². The van der Waals surface area contributed by atoms with E-state index in [0.29, 0.717) is 44.0 Å². The fourth-order valence-electron chi connectivity index (χ4n) is 6.54. The minimum Gasteiger partial charge on any atom is -0.505 e. The molecule has 0 heterocycles. The summed E-state index contributed by atoms with van der Waals surface area (Å²) in [5.74, 6) is -1.14. The average molecular weight is 773 g/mol. The van der Waals surface area contributed by atoms with Gasteiger partial charge in [-0.05, 0) is 76.7 Å². The highest BCUT2D eigenvalue weighted by atomic mass is 32.2. The molecule has 7 aromatic rings. The molecular weight excluding hydrogens is 741 g/mol. The van der Waals surface area contributed by atoms with Gasteiger partial charge in [0.25, 0.3) is 20.2 Å². The first kappa shape index (κ1) is 37.0. The van der Waals surface area contributed by atoms with Gasteiger partial charge in [0.15, 0.2) is 11.5 Å². The molecule has 0 aliphatic carbocycles. The second-order valence-electron chi connectivity index (χ2n) is 12.9. The maximum atomic E-state index is 12.3. The Morgan fingerprint density at radius 2 is 0.873 bits per heavy atom. The Bertz CT molecular complexity index is 2750. The fourth-order valence-corrected chi connectivity index (χ4v) is 7.86. The summed E-state index contributed by atoms with van der Waals surface area (Å²) in [5.41, 5.74) is 4.18. The summed E-state index contributed by atoms with van der Waals surface area (Å²) in [6, 6.07) is 36.4. The van der Waals surface area contributed by atoms with Crippen molar-refractivity contribution in [3.8, 4) is 11.5 Å². The van der Waals surface area contributed by atoms with Crippen LogP contribution in [0.1, 0.15) is 33.7 Å². The highest BCUT2D eigenvalue weighted by molar-refractivity contribution is 7.86. The molecule has 0 saturated carbocycles. The van der Waals surface area contributed by atoms with Crippen LogP contribution in [-0.4, -0.2) is 36.2 Å². The molecule has 276 valence electrons. The van der Waals surface area contributed by atoms with Crippen molar-refractivity contribution < 1.29 is 36.2 Å². The number of azo groups is 2. The average Bonchev–Trinajstić information content (AvgIpc) is 3.15. The molecule has 55 heavy (non-hydrogen) atoms. The number of aryl methyl sites for hydroxylation is 2. The SMILES string of the molecule is Cc1cc(C(c2ccccc2)c2ccc(/N=N/c3c(S(=O)(=O)O)cc4ccccc4c3O)c(C)c2)ccc1/N=N/c1c(S(=O)(=O)O)cc2ccccc2c1O. The van der Waals surface area contributed by atoms with E-state index in [1.54, 1.807) is 60.7 Å². The van der Waals surface area contributed by atoms with Crippen LogP contribution in [-0.2, 0) is 20.2 Å². The van der Waals surface area contributed by atoms with Crippen molar-refractivity contribution in [1.29, 1.82) is 0 Å². The van der Waals surface area contributed by atoms with Crippen LogP contribution in [0.25, 0.3) is 21.5 Å². The fraction of sp³-hybridized carbons (Fsp3) is 0.0732. The molecule has 0 aromatic heterocycles.